The Balaban J connectivity index is 1.71. The van der Waals surface area contributed by atoms with E-state index < -0.39 is 16.0 Å². The highest BCUT2D eigenvalue weighted by molar-refractivity contribution is 7.89. The molecule has 0 saturated heterocycles. The first-order chi connectivity index (χ1) is 13.8. The number of para-hydroxylation sites is 2. The molecule has 0 bridgehead atoms. The van der Waals surface area contributed by atoms with Crippen LogP contribution >= 0.6 is 0 Å². The van der Waals surface area contributed by atoms with Crippen LogP contribution in [-0.2, 0) is 26.2 Å². The zero-order valence-corrected chi connectivity index (χ0v) is 17.0. The van der Waals surface area contributed by atoms with Gasteiger partial charge in [0.15, 0.2) is 12.2 Å². The second-order valence-electron chi connectivity index (χ2n) is 6.21. The largest absolute Gasteiger partial charge is 0.495 e. The van der Waals surface area contributed by atoms with E-state index in [0.29, 0.717) is 16.7 Å². The third kappa shape index (κ3) is 4.64. The molecule has 152 valence electrons. The maximum Gasteiger partial charge on any atom is 0.331 e. The van der Waals surface area contributed by atoms with Crippen LogP contribution in [0.2, 0.25) is 0 Å². The molecule has 1 aromatic heterocycles. The van der Waals surface area contributed by atoms with Crippen LogP contribution in [-0.4, -0.2) is 44.9 Å². The Kier molecular flexibility index (Phi) is 6.00. The normalized spacial score (nSPS) is 12.0. The molecule has 0 aliphatic carbocycles. The third-order valence-electron chi connectivity index (χ3n) is 4.03. The molecular formula is C20H20N2O6S. The Labute approximate surface area is 168 Å². The number of carbonyl (C=O) groups is 1. The molecule has 0 radical (unpaired) electrons. The van der Waals surface area contributed by atoms with Crippen molar-refractivity contribution in [2.24, 2.45) is 0 Å². The molecule has 8 nitrogen and oxygen atoms in total. The summed E-state index contributed by atoms with van der Waals surface area (Å²) in [5, 5.41) is 0. The van der Waals surface area contributed by atoms with Gasteiger partial charge < -0.3 is 13.9 Å². The summed E-state index contributed by atoms with van der Waals surface area (Å²) in [6.45, 7) is -0.110. The number of oxazole rings is 1. The van der Waals surface area contributed by atoms with Crippen molar-refractivity contribution in [2.75, 3.05) is 21.2 Å². The van der Waals surface area contributed by atoms with Gasteiger partial charge in [0.1, 0.15) is 16.2 Å². The monoisotopic (exact) mass is 416 g/mol. The number of fused-ring (bicyclic) bond motifs is 1. The van der Waals surface area contributed by atoms with Gasteiger partial charge in [-0.05, 0) is 35.9 Å². The molecule has 0 aliphatic heterocycles. The average Bonchev–Trinajstić information content (AvgIpc) is 3.13. The number of hydrogen-bond acceptors (Lipinski definition) is 7. The van der Waals surface area contributed by atoms with E-state index in [4.69, 9.17) is 13.9 Å². The van der Waals surface area contributed by atoms with E-state index in [0.717, 1.165) is 4.31 Å². The van der Waals surface area contributed by atoms with Crippen molar-refractivity contribution in [1.82, 2.24) is 9.29 Å². The molecule has 0 spiro atoms. The van der Waals surface area contributed by atoms with Crippen molar-refractivity contribution in [1.29, 1.82) is 0 Å². The first-order valence-corrected chi connectivity index (χ1v) is 10.0. The van der Waals surface area contributed by atoms with Gasteiger partial charge in [0, 0.05) is 20.2 Å². The Morgan fingerprint density at radius 2 is 1.97 bits per heavy atom. The molecule has 0 atom stereocenters. The van der Waals surface area contributed by atoms with E-state index in [-0.39, 0.29) is 23.1 Å². The fourth-order valence-corrected chi connectivity index (χ4v) is 3.61. The van der Waals surface area contributed by atoms with Gasteiger partial charge in [0.25, 0.3) is 0 Å². The predicted octanol–water partition coefficient (Wildman–Crippen LogP) is 2.84. The predicted molar refractivity (Wildman–Crippen MR) is 107 cm³/mol. The average molecular weight is 416 g/mol. The number of ether oxygens (including phenoxy) is 2. The van der Waals surface area contributed by atoms with Crippen LogP contribution in [0, 0.1) is 0 Å². The highest BCUT2D eigenvalue weighted by Gasteiger charge is 2.22. The molecule has 1 heterocycles. The molecule has 3 rings (SSSR count). The lowest BCUT2D eigenvalue weighted by molar-refractivity contribution is -0.139. The van der Waals surface area contributed by atoms with Gasteiger partial charge in [-0.1, -0.05) is 18.2 Å². The minimum atomic E-state index is -3.70. The summed E-state index contributed by atoms with van der Waals surface area (Å²) in [4.78, 5) is 16.2. The fraction of sp³-hybridized carbons (Fsp3) is 0.200. The lowest BCUT2D eigenvalue weighted by Gasteiger charge is -2.14. The van der Waals surface area contributed by atoms with Crippen molar-refractivity contribution < 1.29 is 27.1 Å². The van der Waals surface area contributed by atoms with Gasteiger partial charge in [-0.3, -0.25) is 0 Å². The molecule has 0 saturated carbocycles. The zero-order chi connectivity index (χ0) is 21.0. The van der Waals surface area contributed by atoms with Crippen molar-refractivity contribution in [3.8, 4) is 5.75 Å². The Morgan fingerprint density at radius 1 is 1.21 bits per heavy atom. The van der Waals surface area contributed by atoms with E-state index in [1.807, 2.05) is 12.1 Å². The molecular weight excluding hydrogens is 396 g/mol. The Morgan fingerprint density at radius 3 is 2.66 bits per heavy atom. The maximum absolute atomic E-state index is 12.4. The van der Waals surface area contributed by atoms with Gasteiger partial charge in [-0.2, -0.15) is 0 Å². The molecule has 0 aliphatic rings. The summed E-state index contributed by atoms with van der Waals surface area (Å²) in [6.07, 6.45) is 2.67. The molecule has 9 heteroatoms. The quantitative estimate of drug-likeness (QED) is 0.431. The standard InChI is InChI=1S/C20H20N2O6S/c1-22(2)29(24,25)18-12-14(8-10-17(18)26-3)9-11-20(23)27-13-19-21-15-6-4-5-7-16(15)28-19/h4-12H,13H2,1-3H3/b11-9+. The van der Waals surface area contributed by atoms with E-state index in [1.165, 1.54) is 45.5 Å². The number of aromatic nitrogens is 1. The molecule has 0 fully saturated rings. The number of methoxy groups -OCH3 is 1. The smallest absolute Gasteiger partial charge is 0.331 e. The lowest BCUT2D eigenvalue weighted by atomic mass is 10.2. The number of hydrogen-bond donors (Lipinski definition) is 0. The highest BCUT2D eigenvalue weighted by Crippen LogP contribution is 2.27. The van der Waals surface area contributed by atoms with Crippen LogP contribution in [0.3, 0.4) is 0 Å². The molecule has 0 amide bonds. The number of nitrogens with zero attached hydrogens (tertiary/aromatic N) is 2. The molecule has 29 heavy (non-hydrogen) atoms. The number of esters is 1. The second kappa shape index (κ2) is 8.46. The Hall–Kier alpha value is -3.17. The van der Waals surface area contributed by atoms with Gasteiger partial charge in [0.05, 0.1) is 7.11 Å². The van der Waals surface area contributed by atoms with E-state index in [2.05, 4.69) is 4.98 Å². The van der Waals surface area contributed by atoms with Crippen molar-refractivity contribution >= 4 is 33.2 Å². The summed E-state index contributed by atoms with van der Waals surface area (Å²) in [6, 6.07) is 11.8. The van der Waals surface area contributed by atoms with E-state index >= 15 is 0 Å². The van der Waals surface area contributed by atoms with Crippen molar-refractivity contribution in [3.05, 3.63) is 60.0 Å². The topological polar surface area (TPSA) is 98.9 Å². The molecule has 0 unspecified atom stereocenters. The lowest BCUT2D eigenvalue weighted by Crippen LogP contribution is -2.22. The summed E-state index contributed by atoms with van der Waals surface area (Å²) in [7, 11) is 0.552. The Bertz CT molecular complexity index is 1130. The minimum absolute atomic E-state index is 0.00647. The molecule has 3 aromatic rings. The molecule has 2 aromatic carbocycles. The van der Waals surface area contributed by atoms with Crippen molar-refractivity contribution in [3.63, 3.8) is 0 Å². The van der Waals surface area contributed by atoms with Gasteiger partial charge >= 0.3 is 5.97 Å². The third-order valence-corrected chi connectivity index (χ3v) is 5.87. The van der Waals surface area contributed by atoms with Crippen LogP contribution in [0.1, 0.15) is 11.5 Å². The maximum atomic E-state index is 12.4. The number of benzene rings is 2. The van der Waals surface area contributed by atoms with E-state index in [1.54, 1.807) is 18.2 Å². The number of sulfonamides is 1. The van der Waals surface area contributed by atoms with Crippen LogP contribution in [0.25, 0.3) is 17.2 Å². The first-order valence-electron chi connectivity index (χ1n) is 8.61. The van der Waals surface area contributed by atoms with Gasteiger partial charge in [0.2, 0.25) is 15.9 Å². The highest BCUT2D eigenvalue weighted by atomic mass is 32.2. The van der Waals surface area contributed by atoms with Gasteiger partial charge in [-0.15, -0.1) is 0 Å². The zero-order valence-electron chi connectivity index (χ0n) is 16.2. The summed E-state index contributed by atoms with van der Waals surface area (Å²) >= 11 is 0. The second-order valence-corrected chi connectivity index (χ2v) is 8.33. The van der Waals surface area contributed by atoms with Gasteiger partial charge in [-0.25, -0.2) is 22.5 Å². The summed E-state index contributed by atoms with van der Waals surface area (Å²) in [5.41, 5.74) is 1.80. The van der Waals surface area contributed by atoms with Crippen LogP contribution in [0.5, 0.6) is 5.75 Å². The minimum Gasteiger partial charge on any atom is -0.495 e. The molecule has 0 N–H and O–H groups in total. The fourth-order valence-electron chi connectivity index (χ4n) is 2.52. The number of carbonyl (C=O) groups excluding carboxylic acids is 1. The van der Waals surface area contributed by atoms with E-state index in [9.17, 15) is 13.2 Å². The van der Waals surface area contributed by atoms with Crippen LogP contribution < -0.4 is 4.74 Å². The van der Waals surface area contributed by atoms with Crippen LogP contribution in [0.4, 0.5) is 0 Å². The van der Waals surface area contributed by atoms with Crippen molar-refractivity contribution in [2.45, 2.75) is 11.5 Å². The SMILES string of the molecule is COc1ccc(/C=C/C(=O)OCc2nc3ccccc3o2)cc1S(=O)(=O)N(C)C. The summed E-state index contributed by atoms with van der Waals surface area (Å²) < 4.78 is 41.7. The van der Waals surface area contributed by atoms with Crippen LogP contribution in [0.15, 0.2) is 57.9 Å². The summed E-state index contributed by atoms with van der Waals surface area (Å²) in [5.74, 6) is -0.105. The number of rotatable bonds is 7. The first kappa shape index (κ1) is 20.6.